The van der Waals surface area contributed by atoms with Gasteiger partial charge in [0.15, 0.2) is 0 Å². The van der Waals surface area contributed by atoms with Crippen molar-refractivity contribution >= 4 is 27.3 Å². The summed E-state index contributed by atoms with van der Waals surface area (Å²) in [6.45, 7) is 0. The molecule has 0 aliphatic heterocycles. The van der Waals surface area contributed by atoms with Gasteiger partial charge in [-0.25, -0.2) is 13.4 Å². The number of sulfonamides is 1. The summed E-state index contributed by atoms with van der Waals surface area (Å²) in [4.78, 5) is 3.97. The standard InChI is InChI=1S/C13H16ClN3O2S/c14-7-3-4-10-20(18,19)16-12-5-1-2-6-13(12)17-9-8-15-11-17/h1-2,5-6,8-9,11,16H,3-4,7,10H2. The molecular formula is C13H16ClN3O2S. The van der Waals surface area contributed by atoms with Crippen LogP contribution in [0.5, 0.6) is 0 Å². The fourth-order valence-electron chi connectivity index (χ4n) is 1.79. The molecular weight excluding hydrogens is 298 g/mol. The first-order valence-corrected chi connectivity index (χ1v) is 8.45. The lowest BCUT2D eigenvalue weighted by Crippen LogP contribution is -2.18. The molecule has 0 atom stereocenters. The number of aromatic nitrogens is 2. The number of nitrogens with one attached hydrogen (secondary N) is 1. The second-order valence-corrected chi connectivity index (χ2v) is 6.52. The number of para-hydroxylation sites is 2. The van der Waals surface area contributed by atoms with Crippen LogP contribution in [0.4, 0.5) is 5.69 Å². The van der Waals surface area contributed by atoms with Crippen molar-refractivity contribution in [3.8, 4) is 5.69 Å². The van der Waals surface area contributed by atoms with Crippen LogP contribution in [0.1, 0.15) is 12.8 Å². The van der Waals surface area contributed by atoms with Crippen molar-refractivity contribution in [1.82, 2.24) is 9.55 Å². The van der Waals surface area contributed by atoms with Crippen LogP contribution in [-0.4, -0.2) is 29.6 Å². The molecule has 0 aliphatic carbocycles. The molecule has 1 heterocycles. The molecule has 0 aliphatic rings. The van der Waals surface area contributed by atoms with Crippen molar-refractivity contribution in [2.24, 2.45) is 0 Å². The number of hydrogen-bond donors (Lipinski definition) is 1. The van der Waals surface area contributed by atoms with Crippen molar-refractivity contribution in [2.45, 2.75) is 12.8 Å². The molecule has 1 N–H and O–H groups in total. The van der Waals surface area contributed by atoms with E-state index in [-0.39, 0.29) is 5.75 Å². The summed E-state index contributed by atoms with van der Waals surface area (Å²) in [6, 6.07) is 7.20. The van der Waals surface area contributed by atoms with Gasteiger partial charge in [-0.05, 0) is 25.0 Å². The molecule has 2 rings (SSSR count). The SMILES string of the molecule is O=S(=O)(CCCCCl)Nc1ccccc1-n1ccnc1. The van der Waals surface area contributed by atoms with Gasteiger partial charge in [-0.15, -0.1) is 11.6 Å². The summed E-state index contributed by atoms with van der Waals surface area (Å²) in [5.41, 5.74) is 1.28. The Bertz CT molecular complexity index is 641. The van der Waals surface area contributed by atoms with Crippen LogP contribution < -0.4 is 4.72 Å². The van der Waals surface area contributed by atoms with E-state index in [0.29, 0.717) is 24.4 Å². The zero-order valence-corrected chi connectivity index (χ0v) is 12.4. The summed E-state index contributed by atoms with van der Waals surface area (Å²) in [6.07, 6.45) is 6.27. The monoisotopic (exact) mass is 313 g/mol. The minimum atomic E-state index is -3.36. The van der Waals surface area contributed by atoms with Gasteiger partial charge in [0.05, 0.1) is 23.5 Å². The second kappa shape index (κ2) is 6.76. The summed E-state index contributed by atoms with van der Waals surface area (Å²) < 4.78 is 28.4. The smallest absolute Gasteiger partial charge is 0.232 e. The van der Waals surface area contributed by atoms with Crippen LogP contribution in [0.25, 0.3) is 5.69 Å². The molecule has 1 aromatic heterocycles. The van der Waals surface area contributed by atoms with E-state index in [2.05, 4.69) is 9.71 Å². The highest BCUT2D eigenvalue weighted by atomic mass is 35.5. The Kier molecular flexibility index (Phi) is 5.03. The number of anilines is 1. The summed E-state index contributed by atoms with van der Waals surface area (Å²) >= 11 is 5.56. The number of alkyl halides is 1. The second-order valence-electron chi connectivity index (χ2n) is 4.30. The molecule has 0 saturated heterocycles. The number of imidazole rings is 1. The molecule has 108 valence electrons. The molecule has 0 unspecified atom stereocenters. The summed E-state index contributed by atoms with van der Waals surface area (Å²) in [5, 5.41) is 0. The van der Waals surface area contributed by atoms with Gasteiger partial charge in [-0.2, -0.15) is 0 Å². The highest BCUT2D eigenvalue weighted by molar-refractivity contribution is 7.92. The fourth-order valence-corrected chi connectivity index (χ4v) is 3.17. The average molecular weight is 314 g/mol. The van der Waals surface area contributed by atoms with Crippen LogP contribution in [0.3, 0.4) is 0 Å². The molecule has 7 heteroatoms. The molecule has 2 aromatic rings. The third-order valence-corrected chi connectivity index (χ3v) is 4.37. The summed E-state index contributed by atoms with van der Waals surface area (Å²) in [7, 11) is -3.36. The van der Waals surface area contributed by atoms with Crippen molar-refractivity contribution < 1.29 is 8.42 Å². The van der Waals surface area contributed by atoms with Gasteiger partial charge >= 0.3 is 0 Å². The first-order chi connectivity index (χ1) is 9.62. The zero-order valence-electron chi connectivity index (χ0n) is 10.9. The van der Waals surface area contributed by atoms with Crippen LogP contribution in [0.2, 0.25) is 0 Å². The van der Waals surface area contributed by atoms with Gasteiger partial charge in [0.2, 0.25) is 10.0 Å². The Morgan fingerprint density at radius 3 is 2.75 bits per heavy atom. The maximum atomic E-state index is 12.0. The van der Waals surface area contributed by atoms with Crippen molar-refractivity contribution in [3.63, 3.8) is 0 Å². The van der Waals surface area contributed by atoms with E-state index < -0.39 is 10.0 Å². The van der Waals surface area contributed by atoms with E-state index in [1.54, 1.807) is 35.4 Å². The van der Waals surface area contributed by atoms with E-state index in [9.17, 15) is 8.42 Å². The molecule has 5 nitrogen and oxygen atoms in total. The predicted molar refractivity (Wildman–Crippen MR) is 80.9 cm³/mol. The Hall–Kier alpha value is -1.53. The number of hydrogen-bond acceptors (Lipinski definition) is 3. The molecule has 0 bridgehead atoms. The molecule has 0 radical (unpaired) electrons. The molecule has 0 fully saturated rings. The first kappa shape index (κ1) is 14.9. The Morgan fingerprint density at radius 2 is 2.05 bits per heavy atom. The lowest BCUT2D eigenvalue weighted by Gasteiger charge is -2.12. The molecule has 0 saturated carbocycles. The number of unbranched alkanes of at least 4 members (excludes halogenated alkanes) is 1. The lowest BCUT2D eigenvalue weighted by atomic mass is 10.3. The number of halogens is 1. The van der Waals surface area contributed by atoms with Crippen LogP contribution in [-0.2, 0) is 10.0 Å². The van der Waals surface area contributed by atoms with Crippen molar-refractivity contribution in [3.05, 3.63) is 43.0 Å². The molecule has 20 heavy (non-hydrogen) atoms. The van der Waals surface area contributed by atoms with Crippen molar-refractivity contribution in [2.75, 3.05) is 16.4 Å². The van der Waals surface area contributed by atoms with Gasteiger partial charge in [-0.3, -0.25) is 4.72 Å². The van der Waals surface area contributed by atoms with Gasteiger partial charge < -0.3 is 4.57 Å². The van der Waals surface area contributed by atoms with Crippen LogP contribution >= 0.6 is 11.6 Å². The topological polar surface area (TPSA) is 64.0 Å². The Labute approximate surface area is 123 Å². The minimum absolute atomic E-state index is 0.0674. The fraction of sp³-hybridized carbons (Fsp3) is 0.308. The third-order valence-electron chi connectivity index (χ3n) is 2.75. The normalized spacial score (nSPS) is 11.4. The zero-order chi connectivity index (χ0) is 14.4. The predicted octanol–water partition coefficient (Wildman–Crippen LogP) is 2.63. The minimum Gasteiger partial charge on any atom is -0.304 e. The highest BCUT2D eigenvalue weighted by Crippen LogP contribution is 2.21. The maximum Gasteiger partial charge on any atom is 0.232 e. The quantitative estimate of drug-likeness (QED) is 0.631. The van der Waals surface area contributed by atoms with Crippen LogP contribution in [0.15, 0.2) is 43.0 Å². The number of nitrogens with zero attached hydrogens (tertiary/aromatic N) is 2. The lowest BCUT2D eigenvalue weighted by molar-refractivity contribution is 0.598. The Morgan fingerprint density at radius 1 is 1.25 bits per heavy atom. The van der Waals surface area contributed by atoms with E-state index in [1.165, 1.54) is 0 Å². The van der Waals surface area contributed by atoms with E-state index in [4.69, 9.17) is 11.6 Å². The third kappa shape index (κ3) is 3.98. The number of benzene rings is 1. The Balaban J connectivity index is 2.18. The largest absolute Gasteiger partial charge is 0.304 e. The van der Waals surface area contributed by atoms with Gasteiger partial charge in [0, 0.05) is 18.3 Å². The van der Waals surface area contributed by atoms with Gasteiger partial charge in [-0.1, -0.05) is 12.1 Å². The first-order valence-electron chi connectivity index (χ1n) is 6.26. The van der Waals surface area contributed by atoms with Crippen molar-refractivity contribution in [1.29, 1.82) is 0 Å². The average Bonchev–Trinajstić information content (AvgIpc) is 2.93. The molecule has 0 spiro atoms. The summed E-state index contributed by atoms with van der Waals surface area (Å²) in [5.74, 6) is 0.541. The van der Waals surface area contributed by atoms with E-state index >= 15 is 0 Å². The van der Waals surface area contributed by atoms with Gasteiger partial charge in [0.1, 0.15) is 0 Å². The molecule has 1 aromatic carbocycles. The highest BCUT2D eigenvalue weighted by Gasteiger charge is 2.13. The number of rotatable bonds is 7. The van der Waals surface area contributed by atoms with Gasteiger partial charge in [0.25, 0.3) is 0 Å². The van der Waals surface area contributed by atoms with Crippen LogP contribution in [0, 0.1) is 0 Å². The van der Waals surface area contributed by atoms with E-state index in [1.807, 2.05) is 12.1 Å². The maximum absolute atomic E-state index is 12.0. The molecule has 0 amide bonds. The van der Waals surface area contributed by atoms with E-state index in [0.717, 1.165) is 5.69 Å².